The van der Waals surface area contributed by atoms with Gasteiger partial charge in [0, 0.05) is 17.1 Å². The van der Waals surface area contributed by atoms with Crippen molar-refractivity contribution >= 4 is 11.6 Å². The first-order valence-corrected chi connectivity index (χ1v) is 7.14. The van der Waals surface area contributed by atoms with Crippen molar-refractivity contribution in [2.75, 3.05) is 13.6 Å². The predicted octanol–water partition coefficient (Wildman–Crippen LogP) is 3.85. The number of hydrogen-bond acceptors (Lipinski definition) is 2. The number of nitrogens with two attached hydrogens (primary N) is 1. The summed E-state index contributed by atoms with van der Waals surface area (Å²) in [7, 11) is 2.17. The molecule has 1 rings (SSSR count). The molecule has 0 aliphatic heterocycles. The Hall–Kier alpha value is -0.570. The van der Waals surface area contributed by atoms with Gasteiger partial charge in [0.1, 0.15) is 0 Å². The van der Waals surface area contributed by atoms with E-state index in [4.69, 9.17) is 17.3 Å². The van der Waals surface area contributed by atoms with Crippen molar-refractivity contribution in [3.8, 4) is 0 Å². The summed E-state index contributed by atoms with van der Waals surface area (Å²) in [6.07, 6.45) is 3.40. The molecule has 0 fully saturated rings. The number of rotatable bonds is 7. The zero-order valence-electron chi connectivity index (χ0n) is 11.7. The molecule has 0 spiro atoms. The van der Waals surface area contributed by atoms with Gasteiger partial charge in [0.15, 0.2) is 0 Å². The maximum Gasteiger partial charge on any atom is 0.0453 e. The zero-order valence-corrected chi connectivity index (χ0v) is 12.5. The molecular formula is C15H25ClN2. The first-order chi connectivity index (χ1) is 8.56. The first kappa shape index (κ1) is 15.5. The van der Waals surface area contributed by atoms with Gasteiger partial charge < -0.3 is 10.6 Å². The van der Waals surface area contributed by atoms with Crippen LogP contribution in [0.5, 0.6) is 0 Å². The standard InChI is InChI=1S/C15H25ClN2/c1-4-7-12(2)18(3)11-10-15(17)13-8-5-6-9-14(13)16/h5-6,8-9,12,15H,4,7,10-11,17H2,1-3H3. The topological polar surface area (TPSA) is 29.3 Å². The molecule has 3 heteroatoms. The Balaban J connectivity index is 2.46. The van der Waals surface area contributed by atoms with Crippen LogP contribution in [0.4, 0.5) is 0 Å². The Bertz CT molecular complexity index is 354. The summed E-state index contributed by atoms with van der Waals surface area (Å²) >= 11 is 6.15. The summed E-state index contributed by atoms with van der Waals surface area (Å²) in [5.74, 6) is 0. The van der Waals surface area contributed by atoms with Crippen molar-refractivity contribution < 1.29 is 0 Å². The molecule has 0 radical (unpaired) electrons. The third-order valence-corrected chi connectivity index (χ3v) is 3.90. The molecule has 0 saturated heterocycles. The van der Waals surface area contributed by atoms with Gasteiger partial charge in [-0.05, 0) is 45.0 Å². The molecular weight excluding hydrogens is 244 g/mol. The van der Waals surface area contributed by atoms with Crippen LogP contribution in [0.2, 0.25) is 5.02 Å². The van der Waals surface area contributed by atoms with Crippen LogP contribution in [0.25, 0.3) is 0 Å². The summed E-state index contributed by atoms with van der Waals surface area (Å²) in [6, 6.07) is 8.49. The Morgan fingerprint density at radius 1 is 1.28 bits per heavy atom. The molecule has 2 N–H and O–H groups in total. The number of benzene rings is 1. The van der Waals surface area contributed by atoms with Crippen LogP contribution in [0.15, 0.2) is 24.3 Å². The zero-order chi connectivity index (χ0) is 13.5. The van der Waals surface area contributed by atoms with Crippen LogP contribution >= 0.6 is 11.6 Å². The lowest BCUT2D eigenvalue weighted by molar-refractivity contribution is 0.236. The van der Waals surface area contributed by atoms with Crippen LogP contribution in [-0.4, -0.2) is 24.5 Å². The lowest BCUT2D eigenvalue weighted by atomic mass is 10.0. The van der Waals surface area contributed by atoms with Gasteiger partial charge in [0.05, 0.1) is 0 Å². The highest BCUT2D eigenvalue weighted by Crippen LogP contribution is 2.23. The molecule has 0 aromatic heterocycles. The maximum absolute atomic E-state index is 6.21. The third kappa shape index (κ3) is 4.60. The molecule has 0 bridgehead atoms. The van der Waals surface area contributed by atoms with Gasteiger partial charge in [-0.1, -0.05) is 43.1 Å². The third-order valence-electron chi connectivity index (χ3n) is 3.56. The summed E-state index contributed by atoms with van der Waals surface area (Å²) in [6.45, 7) is 5.50. The normalized spacial score (nSPS) is 14.8. The first-order valence-electron chi connectivity index (χ1n) is 6.76. The van der Waals surface area contributed by atoms with Gasteiger partial charge >= 0.3 is 0 Å². The smallest absolute Gasteiger partial charge is 0.0453 e. The average Bonchev–Trinajstić information content (AvgIpc) is 2.36. The van der Waals surface area contributed by atoms with Crippen LogP contribution in [0, 0.1) is 0 Å². The Morgan fingerprint density at radius 3 is 2.56 bits per heavy atom. The summed E-state index contributed by atoms with van der Waals surface area (Å²) in [5.41, 5.74) is 7.26. The largest absolute Gasteiger partial charge is 0.324 e. The van der Waals surface area contributed by atoms with E-state index in [2.05, 4.69) is 25.8 Å². The quantitative estimate of drug-likeness (QED) is 0.814. The fourth-order valence-corrected chi connectivity index (χ4v) is 2.41. The highest BCUT2D eigenvalue weighted by atomic mass is 35.5. The summed E-state index contributed by atoms with van der Waals surface area (Å²) in [5, 5.41) is 0.772. The Labute approximate surface area is 116 Å². The van der Waals surface area contributed by atoms with E-state index in [1.54, 1.807) is 0 Å². The minimum Gasteiger partial charge on any atom is -0.324 e. The van der Waals surface area contributed by atoms with Crippen LogP contribution in [-0.2, 0) is 0 Å². The molecule has 2 atom stereocenters. The molecule has 18 heavy (non-hydrogen) atoms. The SMILES string of the molecule is CCCC(C)N(C)CCC(N)c1ccccc1Cl. The molecule has 2 unspecified atom stereocenters. The molecule has 1 aromatic carbocycles. The van der Waals surface area contributed by atoms with E-state index >= 15 is 0 Å². The number of halogens is 1. The van der Waals surface area contributed by atoms with Gasteiger partial charge in [-0.3, -0.25) is 0 Å². The van der Waals surface area contributed by atoms with E-state index in [-0.39, 0.29) is 6.04 Å². The Morgan fingerprint density at radius 2 is 1.94 bits per heavy atom. The van der Waals surface area contributed by atoms with Gasteiger partial charge in [0.2, 0.25) is 0 Å². The van der Waals surface area contributed by atoms with Crippen molar-refractivity contribution in [2.24, 2.45) is 5.73 Å². The van der Waals surface area contributed by atoms with Crippen molar-refractivity contribution in [3.63, 3.8) is 0 Å². The molecule has 0 aliphatic carbocycles. The maximum atomic E-state index is 6.21. The minimum absolute atomic E-state index is 0.0231. The second-order valence-electron chi connectivity index (χ2n) is 5.03. The van der Waals surface area contributed by atoms with E-state index in [0.717, 1.165) is 23.6 Å². The number of nitrogens with zero attached hydrogens (tertiary/aromatic N) is 1. The van der Waals surface area contributed by atoms with Crippen molar-refractivity contribution in [3.05, 3.63) is 34.9 Å². The molecule has 2 nitrogen and oxygen atoms in total. The molecule has 102 valence electrons. The summed E-state index contributed by atoms with van der Waals surface area (Å²) < 4.78 is 0. The second kappa shape index (κ2) is 7.78. The van der Waals surface area contributed by atoms with E-state index in [9.17, 15) is 0 Å². The molecule has 0 saturated carbocycles. The molecule has 0 heterocycles. The van der Waals surface area contributed by atoms with Crippen LogP contribution < -0.4 is 5.73 Å². The number of hydrogen-bond donors (Lipinski definition) is 1. The molecule has 0 aliphatic rings. The van der Waals surface area contributed by atoms with Crippen molar-refractivity contribution in [2.45, 2.75) is 45.2 Å². The minimum atomic E-state index is 0.0231. The van der Waals surface area contributed by atoms with Gasteiger partial charge in [-0.2, -0.15) is 0 Å². The van der Waals surface area contributed by atoms with E-state index in [0.29, 0.717) is 6.04 Å². The van der Waals surface area contributed by atoms with Crippen molar-refractivity contribution in [1.29, 1.82) is 0 Å². The van der Waals surface area contributed by atoms with Gasteiger partial charge in [-0.25, -0.2) is 0 Å². The highest BCUT2D eigenvalue weighted by Gasteiger charge is 2.13. The average molecular weight is 269 g/mol. The van der Waals surface area contributed by atoms with Crippen LogP contribution in [0.1, 0.15) is 44.7 Å². The monoisotopic (exact) mass is 268 g/mol. The fraction of sp³-hybridized carbons (Fsp3) is 0.600. The fourth-order valence-electron chi connectivity index (χ4n) is 2.13. The van der Waals surface area contributed by atoms with Gasteiger partial charge in [0.25, 0.3) is 0 Å². The lowest BCUT2D eigenvalue weighted by Gasteiger charge is -2.26. The summed E-state index contributed by atoms with van der Waals surface area (Å²) in [4.78, 5) is 2.38. The Kier molecular flexibility index (Phi) is 6.69. The second-order valence-corrected chi connectivity index (χ2v) is 5.44. The molecule has 0 amide bonds. The van der Waals surface area contributed by atoms with Gasteiger partial charge in [-0.15, -0.1) is 0 Å². The van der Waals surface area contributed by atoms with Crippen molar-refractivity contribution in [1.82, 2.24) is 4.90 Å². The van der Waals surface area contributed by atoms with E-state index < -0.39 is 0 Å². The van der Waals surface area contributed by atoms with E-state index in [1.165, 1.54) is 12.8 Å². The molecule has 1 aromatic rings. The highest BCUT2D eigenvalue weighted by molar-refractivity contribution is 6.31. The predicted molar refractivity (Wildman–Crippen MR) is 80.0 cm³/mol. The lowest BCUT2D eigenvalue weighted by Crippen LogP contribution is -2.31. The van der Waals surface area contributed by atoms with E-state index in [1.807, 2.05) is 24.3 Å². The van der Waals surface area contributed by atoms with Crippen LogP contribution in [0.3, 0.4) is 0 Å².